The molecule has 30 heavy (non-hydrogen) atoms. The summed E-state index contributed by atoms with van der Waals surface area (Å²) in [6, 6.07) is 15.6. The van der Waals surface area contributed by atoms with Crippen LogP contribution in [0.1, 0.15) is 28.7 Å². The van der Waals surface area contributed by atoms with E-state index in [4.69, 9.17) is 0 Å². The van der Waals surface area contributed by atoms with Crippen LogP contribution in [-0.2, 0) is 13.0 Å². The van der Waals surface area contributed by atoms with E-state index >= 15 is 0 Å². The van der Waals surface area contributed by atoms with Crippen LogP contribution in [0, 0.1) is 0 Å². The Hall–Kier alpha value is -2.62. The monoisotopic (exact) mass is 520 g/mol. The third-order valence-electron chi connectivity index (χ3n) is 4.46. The van der Waals surface area contributed by atoms with Gasteiger partial charge in [-0.25, -0.2) is 9.98 Å². The van der Waals surface area contributed by atoms with E-state index in [-0.39, 0.29) is 29.9 Å². The molecule has 0 saturated heterocycles. The predicted molar refractivity (Wildman–Crippen MR) is 132 cm³/mol. The first-order valence-electron chi connectivity index (χ1n) is 9.83. The van der Waals surface area contributed by atoms with Gasteiger partial charge in [-0.1, -0.05) is 24.3 Å². The Bertz CT molecular complexity index is 948. The number of aliphatic imine (C=N–C) groups is 1. The van der Waals surface area contributed by atoms with Crippen molar-refractivity contribution in [1.82, 2.24) is 25.5 Å². The molecular formula is C22H29IN6O. The second kappa shape index (κ2) is 11.5. The summed E-state index contributed by atoms with van der Waals surface area (Å²) in [5.74, 6) is 1.72. The number of aromatic nitrogens is 2. The molecule has 3 aromatic rings. The van der Waals surface area contributed by atoms with Crippen molar-refractivity contribution in [3.8, 4) is 0 Å². The lowest BCUT2D eigenvalue weighted by atomic mass is 10.1. The number of hydrogen-bond acceptors (Lipinski definition) is 3. The zero-order valence-corrected chi connectivity index (χ0v) is 19.9. The highest BCUT2D eigenvalue weighted by Crippen LogP contribution is 2.10. The number of hydrogen-bond donors (Lipinski definition) is 3. The van der Waals surface area contributed by atoms with Crippen molar-refractivity contribution in [3.05, 3.63) is 65.5 Å². The van der Waals surface area contributed by atoms with Gasteiger partial charge in [0.1, 0.15) is 5.82 Å². The van der Waals surface area contributed by atoms with E-state index < -0.39 is 0 Å². The molecule has 3 rings (SSSR count). The molecule has 3 N–H and O–H groups in total. The van der Waals surface area contributed by atoms with Gasteiger partial charge in [0.2, 0.25) is 0 Å². The Morgan fingerprint density at radius 2 is 1.83 bits per heavy atom. The van der Waals surface area contributed by atoms with E-state index in [9.17, 15) is 4.79 Å². The van der Waals surface area contributed by atoms with Crippen LogP contribution in [0.2, 0.25) is 0 Å². The molecule has 7 nitrogen and oxygen atoms in total. The summed E-state index contributed by atoms with van der Waals surface area (Å²) in [4.78, 5) is 26.1. The van der Waals surface area contributed by atoms with Crippen molar-refractivity contribution >= 4 is 46.9 Å². The lowest BCUT2D eigenvalue weighted by Crippen LogP contribution is -2.38. The van der Waals surface area contributed by atoms with Crippen molar-refractivity contribution in [2.75, 3.05) is 27.2 Å². The van der Waals surface area contributed by atoms with Gasteiger partial charge in [-0.2, -0.15) is 0 Å². The van der Waals surface area contributed by atoms with Crippen molar-refractivity contribution in [2.24, 2.45) is 4.99 Å². The molecule has 8 heteroatoms. The first-order chi connectivity index (χ1) is 14.1. The van der Waals surface area contributed by atoms with Crippen LogP contribution in [0.5, 0.6) is 0 Å². The Kier molecular flexibility index (Phi) is 9.10. The molecule has 0 aliphatic carbocycles. The maximum atomic E-state index is 12.0. The summed E-state index contributed by atoms with van der Waals surface area (Å²) in [6.45, 7) is 4.09. The highest BCUT2D eigenvalue weighted by atomic mass is 127. The standard InChI is InChI=1S/C22H28N6O.HI/c1-4-23-22(24-14-13-20-26-18-7-5-6-8-19(18)27-20)25-15-16-9-11-17(12-10-16)21(29)28(2)3;/h5-12H,4,13-15H2,1-3H3,(H,26,27)(H2,23,24,25);1H. The average Bonchev–Trinajstić information content (AvgIpc) is 3.14. The van der Waals surface area contributed by atoms with Gasteiger partial charge in [0.05, 0.1) is 17.6 Å². The quantitative estimate of drug-likeness (QED) is 0.254. The minimum atomic E-state index is 0. The first-order valence-corrected chi connectivity index (χ1v) is 9.83. The smallest absolute Gasteiger partial charge is 0.253 e. The summed E-state index contributed by atoms with van der Waals surface area (Å²) in [7, 11) is 3.50. The number of aromatic amines is 1. The number of carbonyl (C=O) groups is 1. The molecule has 1 heterocycles. The second-order valence-electron chi connectivity index (χ2n) is 6.97. The lowest BCUT2D eigenvalue weighted by Gasteiger charge is -2.11. The van der Waals surface area contributed by atoms with Gasteiger partial charge >= 0.3 is 0 Å². The fraction of sp³-hybridized carbons (Fsp3) is 0.318. The summed E-state index contributed by atoms with van der Waals surface area (Å²) in [5, 5.41) is 6.60. The van der Waals surface area contributed by atoms with Gasteiger partial charge in [0.25, 0.3) is 5.91 Å². The molecule has 1 amide bonds. The van der Waals surface area contributed by atoms with Crippen molar-refractivity contribution in [1.29, 1.82) is 0 Å². The molecule has 2 aromatic carbocycles. The van der Waals surface area contributed by atoms with Gasteiger partial charge in [-0.3, -0.25) is 4.79 Å². The van der Waals surface area contributed by atoms with Crippen LogP contribution in [0.15, 0.2) is 53.5 Å². The maximum Gasteiger partial charge on any atom is 0.253 e. The molecule has 0 saturated carbocycles. The average molecular weight is 520 g/mol. The summed E-state index contributed by atoms with van der Waals surface area (Å²) >= 11 is 0. The summed E-state index contributed by atoms with van der Waals surface area (Å²) in [6.07, 6.45) is 0.778. The van der Waals surface area contributed by atoms with E-state index in [0.717, 1.165) is 47.9 Å². The number of guanidine groups is 1. The number of para-hydroxylation sites is 2. The molecule has 160 valence electrons. The van der Waals surface area contributed by atoms with Gasteiger partial charge in [0.15, 0.2) is 5.96 Å². The number of imidazole rings is 1. The SMILES string of the molecule is CCNC(=NCc1ccc(C(=O)N(C)C)cc1)NCCc1nc2ccccc2[nH]1.I. The number of benzene rings is 2. The largest absolute Gasteiger partial charge is 0.357 e. The molecular weight excluding hydrogens is 491 g/mol. The number of amides is 1. The molecule has 0 radical (unpaired) electrons. The lowest BCUT2D eigenvalue weighted by molar-refractivity contribution is 0.0827. The molecule has 0 spiro atoms. The van der Waals surface area contributed by atoms with Crippen molar-refractivity contribution in [3.63, 3.8) is 0 Å². The first kappa shape index (κ1) is 23.7. The fourth-order valence-electron chi connectivity index (χ4n) is 2.95. The number of halogens is 1. The van der Waals surface area contributed by atoms with Crippen LogP contribution in [0.3, 0.4) is 0 Å². The van der Waals surface area contributed by atoms with Crippen LogP contribution in [0.25, 0.3) is 11.0 Å². The van der Waals surface area contributed by atoms with E-state index in [1.807, 2.05) is 55.5 Å². The summed E-state index contributed by atoms with van der Waals surface area (Å²) < 4.78 is 0. The van der Waals surface area contributed by atoms with Gasteiger partial charge in [-0.05, 0) is 36.8 Å². The number of rotatable bonds is 7. The van der Waals surface area contributed by atoms with E-state index in [2.05, 4.69) is 25.6 Å². The number of fused-ring (bicyclic) bond motifs is 1. The highest BCUT2D eigenvalue weighted by Gasteiger charge is 2.07. The Balaban J connectivity index is 0.00000320. The van der Waals surface area contributed by atoms with Crippen LogP contribution in [-0.4, -0.2) is 53.9 Å². The zero-order chi connectivity index (χ0) is 20.6. The van der Waals surface area contributed by atoms with Crippen LogP contribution < -0.4 is 10.6 Å². The molecule has 0 fully saturated rings. The topological polar surface area (TPSA) is 85.4 Å². The molecule has 1 aromatic heterocycles. The van der Waals surface area contributed by atoms with E-state index in [1.54, 1.807) is 19.0 Å². The second-order valence-corrected chi connectivity index (χ2v) is 6.97. The fourth-order valence-corrected chi connectivity index (χ4v) is 2.95. The molecule has 0 unspecified atom stereocenters. The van der Waals surface area contributed by atoms with Gasteiger partial charge in [0, 0.05) is 39.2 Å². The van der Waals surface area contributed by atoms with Gasteiger partial charge < -0.3 is 20.5 Å². The Morgan fingerprint density at radius 3 is 2.50 bits per heavy atom. The Labute approximate surface area is 194 Å². The summed E-state index contributed by atoms with van der Waals surface area (Å²) in [5.41, 5.74) is 3.77. The third kappa shape index (κ3) is 6.45. The third-order valence-corrected chi connectivity index (χ3v) is 4.46. The zero-order valence-electron chi connectivity index (χ0n) is 17.6. The van der Waals surface area contributed by atoms with Crippen molar-refractivity contribution < 1.29 is 4.79 Å². The number of nitrogens with one attached hydrogen (secondary N) is 3. The minimum Gasteiger partial charge on any atom is -0.357 e. The molecule has 0 bridgehead atoms. The van der Waals surface area contributed by atoms with Gasteiger partial charge in [-0.15, -0.1) is 24.0 Å². The number of carbonyl (C=O) groups excluding carboxylic acids is 1. The molecule has 0 aliphatic heterocycles. The van der Waals surface area contributed by atoms with E-state index in [1.165, 1.54) is 0 Å². The maximum absolute atomic E-state index is 12.0. The minimum absolute atomic E-state index is 0. The predicted octanol–water partition coefficient (Wildman–Crippen LogP) is 3.18. The molecule has 0 aliphatic rings. The Morgan fingerprint density at radius 1 is 1.10 bits per heavy atom. The number of nitrogens with zero attached hydrogens (tertiary/aromatic N) is 3. The van der Waals surface area contributed by atoms with E-state index in [0.29, 0.717) is 12.1 Å². The van der Waals surface area contributed by atoms with Crippen molar-refractivity contribution in [2.45, 2.75) is 19.9 Å². The molecule has 0 atom stereocenters. The highest BCUT2D eigenvalue weighted by molar-refractivity contribution is 14.0. The number of H-pyrrole nitrogens is 1. The van der Waals surface area contributed by atoms with Crippen LogP contribution in [0.4, 0.5) is 0 Å². The van der Waals surface area contributed by atoms with Crippen LogP contribution >= 0.6 is 24.0 Å². The normalized spacial score (nSPS) is 11.1.